The van der Waals surface area contributed by atoms with E-state index in [0.717, 1.165) is 33.5 Å². The van der Waals surface area contributed by atoms with Gasteiger partial charge in [0, 0.05) is 33.7 Å². The standard InChI is InChI=1S/C18H15N5OS/c1-10-7-20-14(8-19-10)17(24)23-18-22-15(9-25-18)16-11(2)21-13-6-4-3-5-12(13)16/h3-9,21H,1-2H3,(H,22,23,24). The Kier molecular flexibility index (Phi) is 3.77. The maximum Gasteiger partial charge on any atom is 0.277 e. The molecular weight excluding hydrogens is 334 g/mol. The Morgan fingerprint density at radius 1 is 1.16 bits per heavy atom. The maximum absolute atomic E-state index is 12.2. The van der Waals surface area contributed by atoms with Crippen molar-refractivity contribution in [2.45, 2.75) is 13.8 Å². The molecule has 4 rings (SSSR count). The molecule has 3 heterocycles. The third-order valence-corrected chi connectivity index (χ3v) is 4.65. The van der Waals surface area contributed by atoms with E-state index in [1.165, 1.54) is 17.5 Å². The van der Waals surface area contributed by atoms with Gasteiger partial charge in [0.05, 0.1) is 17.6 Å². The second-order valence-corrected chi connectivity index (χ2v) is 6.56. The van der Waals surface area contributed by atoms with Crippen LogP contribution in [0.3, 0.4) is 0 Å². The van der Waals surface area contributed by atoms with Gasteiger partial charge in [-0.05, 0) is 19.9 Å². The van der Waals surface area contributed by atoms with Gasteiger partial charge < -0.3 is 4.98 Å². The van der Waals surface area contributed by atoms with E-state index in [-0.39, 0.29) is 11.6 Å². The Morgan fingerprint density at radius 3 is 2.80 bits per heavy atom. The number of anilines is 1. The summed E-state index contributed by atoms with van der Waals surface area (Å²) in [6, 6.07) is 8.10. The lowest BCUT2D eigenvalue weighted by Crippen LogP contribution is -2.13. The topological polar surface area (TPSA) is 83.6 Å². The number of H-pyrrole nitrogens is 1. The van der Waals surface area contributed by atoms with Gasteiger partial charge in [-0.1, -0.05) is 18.2 Å². The first-order chi connectivity index (χ1) is 12.1. The molecule has 0 aliphatic carbocycles. The van der Waals surface area contributed by atoms with Crippen LogP contribution in [0.4, 0.5) is 5.13 Å². The Hall–Kier alpha value is -3.06. The smallest absolute Gasteiger partial charge is 0.277 e. The van der Waals surface area contributed by atoms with E-state index in [9.17, 15) is 4.79 Å². The van der Waals surface area contributed by atoms with E-state index in [1.54, 1.807) is 6.20 Å². The average molecular weight is 349 g/mol. The number of aromatic amines is 1. The first-order valence-corrected chi connectivity index (χ1v) is 8.63. The fourth-order valence-corrected chi connectivity index (χ4v) is 3.42. The predicted octanol–water partition coefficient (Wildman–Crippen LogP) is 3.95. The van der Waals surface area contributed by atoms with E-state index in [0.29, 0.717) is 5.13 Å². The van der Waals surface area contributed by atoms with Gasteiger partial charge in [0.1, 0.15) is 5.69 Å². The molecule has 0 radical (unpaired) electrons. The third kappa shape index (κ3) is 2.89. The zero-order valence-corrected chi connectivity index (χ0v) is 14.5. The number of para-hydroxylation sites is 1. The number of nitrogens with one attached hydrogen (secondary N) is 2. The van der Waals surface area contributed by atoms with Crippen molar-refractivity contribution in [2.24, 2.45) is 0 Å². The van der Waals surface area contributed by atoms with Crippen molar-refractivity contribution in [3.05, 3.63) is 59.1 Å². The van der Waals surface area contributed by atoms with Gasteiger partial charge in [0.15, 0.2) is 5.13 Å². The number of thiazole rings is 1. The van der Waals surface area contributed by atoms with Crippen LogP contribution in [0.2, 0.25) is 0 Å². The van der Waals surface area contributed by atoms with Crippen LogP contribution in [0.1, 0.15) is 21.9 Å². The highest BCUT2D eigenvalue weighted by atomic mass is 32.1. The number of hydrogen-bond acceptors (Lipinski definition) is 5. The second-order valence-electron chi connectivity index (χ2n) is 5.71. The quantitative estimate of drug-likeness (QED) is 0.586. The summed E-state index contributed by atoms with van der Waals surface area (Å²) < 4.78 is 0. The SMILES string of the molecule is Cc1cnc(C(=O)Nc2nc(-c3c(C)[nH]c4ccccc34)cs2)cn1. The fraction of sp³-hybridized carbons (Fsp3) is 0.111. The number of hydrogen-bond donors (Lipinski definition) is 2. The Balaban J connectivity index is 1.63. The van der Waals surface area contributed by atoms with Crippen molar-refractivity contribution in [2.75, 3.05) is 5.32 Å². The van der Waals surface area contributed by atoms with Gasteiger partial charge in [-0.25, -0.2) is 9.97 Å². The molecule has 0 fully saturated rings. The second kappa shape index (κ2) is 6.10. The average Bonchev–Trinajstić information content (AvgIpc) is 3.18. The molecule has 2 N–H and O–H groups in total. The van der Waals surface area contributed by atoms with Crippen LogP contribution in [-0.4, -0.2) is 25.8 Å². The number of aryl methyl sites for hydroxylation is 2. The minimum absolute atomic E-state index is 0.269. The third-order valence-electron chi connectivity index (χ3n) is 3.89. The number of aromatic nitrogens is 4. The molecular formula is C18H15N5OS. The maximum atomic E-state index is 12.2. The molecule has 0 saturated carbocycles. The summed E-state index contributed by atoms with van der Waals surface area (Å²) in [7, 11) is 0. The van der Waals surface area contributed by atoms with Crippen molar-refractivity contribution >= 4 is 33.3 Å². The molecule has 0 unspecified atom stereocenters. The van der Waals surface area contributed by atoms with E-state index in [2.05, 4.69) is 31.3 Å². The number of carbonyl (C=O) groups excluding carboxylic acids is 1. The number of carbonyl (C=O) groups is 1. The van der Waals surface area contributed by atoms with Gasteiger partial charge in [-0.2, -0.15) is 0 Å². The zero-order valence-electron chi connectivity index (χ0n) is 13.7. The summed E-state index contributed by atoms with van der Waals surface area (Å²) in [5, 5.41) is 6.38. The molecule has 0 aliphatic rings. The van der Waals surface area contributed by atoms with Crippen LogP contribution in [0.5, 0.6) is 0 Å². The van der Waals surface area contributed by atoms with Crippen LogP contribution in [-0.2, 0) is 0 Å². The molecule has 1 amide bonds. The molecule has 0 spiro atoms. The van der Waals surface area contributed by atoms with Crippen LogP contribution in [0.25, 0.3) is 22.2 Å². The number of benzene rings is 1. The number of amides is 1. The van der Waals surface area contributed by atoms with Gasteiger partial charge in [0.25, 0.3) is 5.91 Å². The van der Waals surface area contributed by atoms with Crippen LogP contribution in [0.15, 0.2) is 42.0 Å². The molecule has 0 atom stereocenters. The molecule has 1 aromatic carbocycles. The minimum atomic E-state index is -0.316. The van der Waals surface area contributed by atoms with E-state index in [1.807, 2.05) is 37.4 Å². The molecule has 6 nitrogen and oxygen atoms in total. The largest absolute Gasteiger partial charge is 0.358 e. The van der Waals surface area contributed by atoms with Crippen molar-refractivity contribution < 1.29 is 4.79 Å². The zero-order chi connectivity index (χ0) is 17.4. The molecule has 7 heteroatoms. The lowest BCUT2D eigenvalue weighted by atomic mass is 10.1. The molecule has 3 aromatic heterocycles. The number of rotatable bonds is 3. The minimum Gasteiger partial charge on any atom is -0.358 e. The van der Waals surface area contributed by atoms with Crippen LogP contribution >= 0.6 is 11.3 Å². The first-order valence-electron chi connectivity index (χ1n) is 7.75. The van der Waals surface area contributed by atoms with Gasteiger partial charge in [-0.15, -0.1) is 11.3 Å². The molecule has 0 bridgehead atoms. The lowest BCUT2D eigenvalue weighted by molar-refractivity contribution is 0.102. The van der Waals surface area contributed by atoms with Gasteiger partial charge in [0.2, 0.25) is 0 Å². The molecule has 4 aromatic rings. The van der Waals surface area contributed by atoms with Gasteiger partial charge in [-0.3, -0.25) is 15.1 Å². The van der Waals surface area contributed by atoms with E-state index in [4.69, 9.17) is 0 Å². The Labute approximate surface area is 148 Å². The highest BCUT2D eigenvalue weighted by Crippen LogP contribution is 2.33. The Morgan fingerprint density at radius 2 is 2.00 bits per heavy atom. The summed E-state index contributed by atoms with van der Waals surface area (Å²) in [5.74, 6) is -0.316. The van der Waals surface area contributed by atoms with Crippen molar-refractivity contribution in [1.29, 1.82) is 0 Å². The monoisotopic (exact) mass is 349 g/mol. The number of nitrogens with zero attached hydrogens (tertiary/aromatic N) is 3. The summed E-state index contributed by atoms with van der Waals surface area (Å²) in [4.78, 5) is 28.4. The van der Waals surface area contributed by atoms with E-state index < -0.39 is 0 Å². The van der Waals surface area contributed by atoms with Crippen LogP contribution < -0.4 is 5.32 Å². The summed E-state index contributed by atoms with van der Waals surface area (Å²) in [6.45, 7) is 3.85. The van der Waals surface area contributed by atoms with Crippen molar-refractivity contribution in [3.8, 4) is 11.3 Å². The molecule has 0 aliphatic heterocycles. The predicted molar refractivity (Wildman–Crippen MR) is 98.9 cm³/mol. The normalized spacial score (nSPS) is 11.0. The highest BCUT2D eigenvalue weighted by molar-refractivity contribution is 7.14. The molecule has 25 heavy (non-hydrogen) atoms. The highest BCUT2D eigenvalue weighted by Gasteiger charge is 2.15. The van der Waals surface area contributed by atoms with Crippen molar-refractivity contribution in [1.82, 2.24) is 19.9 Å². The fourth-order valence-electron chi connectivity index (χ4n) is 2.72. The molecule has 0 saturated heterocycles. The lowest BCUT2D eigenvalue weighted by Gasteiger charge is -2.01. The first kappa shape index (κ1) is 15.5. The summed E-state index contributed by atoms with van der Waals surface area (Å²) in [6.07, 6.45) is 3.03. The summed E-state index contributed by atoms with van der Waals surface area (Å²) >= 11 is 1.39. The Bertz CT molecular complexity index is 1060. The van der Waals surface area contributed by atoms with Crippen LogP contribution in [0, 0.1) is 13.8 Å². The number of fused-ring (bicyclic) bond motifs is 1. The summed E-state index contributed by atoms with van der Waals surface area (Å²) in [5.41, 5.74) is 5.05. The van der Waals surface area contributed by atoms with Crippen molar-refractivity contribution in [3.63, 3.8) is 0 Å². The molecule has 124 valence electrons. The van der Waals surface area contributed by atoms with Gasteiger partial charge >= 0.3 is 0 Å². The van der Waals surface area contributed by atoms with E-state index >= 15 is 0 Å².